The van der Waals surface area contributed by atoms with E-state index in [1.807, 2.05) is 0 Å². The van der Waals surface area contributed by atoms with Crippen LogP contribution in [0.5, 0.6) is 5.75 Å². The van der Waals surface area contributed by atoms with Gasteiger partial charge < -0.3 is 10.1 Å². The summed E-state index contributed by atoms with van der Waals surface area (Å²) < 4.78 is 85.5. The third kappa shape index (κ3) is 6.67. The molecule has 1 atom stereocenters. The Morgan fingerprint density at radius 3 is 2.41 bits per heavy atom. The highest BCUT2D eigenvalue weighted by atomic mass is 35.5. The van der Waals surface area contributed by atoms with Crippen LogP contribution < -0.4 is 10.1 Å². The largest absolute Gasteiger partial charge is 0.497 e. The van der Waals surface area contributed by atoms with Crippen molar-refractivity contribution in [2.75, 3.05) is 26.5 Å². The van der Waals surface area contributed by atoms with Crippen LogP contribution >= 0.6 is 11.6 Å². The normalized spacial score (nSPS) is 17.5. The smallest absolute Gasteiger partial charge is 0.258 e. The van der Waals surface area contributed by atoms with E-state index in [1.54, 1.807) is 0 Å². The molecular weight excluding hydrogens is 550 g/mol. The Balaban J connectivity index is 1.84. The molecule has 0 radical (unpaired) electrons. The van der Waals surface area contributed by atoms with Crippen LogP contribution in [0.4, 0.5) is 8.78 Å². The van der Waals surface area contributed by atoms with E-state index in [-0.39, 0.29) is 34.1 Å². The Bertz CT molecular complexity index is 1420. The molecular formula is C24H27ClF2N2O6S2. The summed E-state index contributed by atoms with van der Waals surface area (Å²) >= 11 is 6.14. The number of alkyl halides is 1. The number of nitrogens with zero attached hydrogens (tertiary/aromatic N) is 1. The molecule has 1 N–H and O–H groups in total. The molecule has 202 valence electrons. The van der Waals surface area contributed by atoms with Gasteiger partial charge in [0.15, 0.2) is 15.5 Å². The van der Waals surface area contributed by atoms with Crippen LogP contribution in [0.2, 0.25) is 5.02 Å². The van der Waals surface area contributed by atoms with Gasteiger partial charge in [-0.3, -0.25) is 4.79 Å². The van der Waals surface area contributed by atoms with Crippen LogP contribution in [-0.2, 0) is 24.7 Å². The average Bonchev–Trinajstić information content (AvgIpc) is 2.84. The van der Waals surface area contributed by atoms with Gasteiger partial charge in [-0.25, -0.2) is 25.6 Å². The van der Waals surface area contributed by atoms with Gasteiger partial charge in [0.1, 0.15) is 11.6 Å². The summed E-state index contributed by atoms with van der Waals surface area (Å²) in [7, 11) is -6.22. The highest BCUT2D eigenvalue weighted by Gasteiger charge is 2.45. The van der Waals surface area contributed by atoms with Gasteiger partial charge in [0.05, 0.1) is 17.0 Å². The monoisotopic (exact) mass is 576 g/mol. The fourth-order valence-electron chi connectivity index (χ4n) is 3.88. The van der Waals surface area contributed by atoms with Gasteiger partial charge in [0, 0.05) is 54.8 Å². The number of rotatable bonds is 8. The molecule has 1 saturated heterocycles. The molecule has 0 spiro atoms. The Labute approximate surface area is 220 Å². The quantitative estimate of drug-likeness (QED) is 0.513. The van der Waals surface area contributed by atoms with Crippen molar-refractivity contribution in [3.63, 3.8) is 0 Å². The number of methoxy groups -OCH3 is 1. The highest BCUT2D eigenvalue weighted by molar-refractivity contribution is 7.93. The van der Waals surface area contributed by atoms with E-state index < -0.39 is 56.1 Å². The van der Waals surface area contributed by atoms with Gasteiger partial charge in [-0.05, 0) is 31.2 Å². The molecule has 1 aliphatic heterocycles. The number of hydrogen-bond acceptors (Lipinski definition) is 6. The zero-order valence-corrected chi connectivity index (χ0v) is 22.8. The second kappa shape index (κ2) is 11.1. The van der Waals surface area contributed by atoms with E-state index in [9.17, 15) is 26.0 Å². The van der Waals surface area contributed by atoms with Crippen molar-refractivity contribution in [2.24, 2.45) is 0 Å². The number of piperidine rings is 1. The van der Waals surface area contributed by atoms with Gasteiger partial charge in [-0.15, -0.1) is 0 Å². The van der Waals surface area contributed by atoms with Gasteiger partial charge >= 0.3 is 0 Å². The first-order valence-electron chi connectivity index (χ1n) is 11.2. The third-order valence-corrected chi connectivity index (χ3v) is 8.93. The molecule has 0 unspecified atom stereocenters. The van der Waals surface area contributed by atoms with E-state index in [1.165, 1.54) is 50.4 Å². The molecule has 1 aliphatic rings. The second-order valence-corrected chi connectivity index (χ2v) is 13.0. The number of ether oxygens (including phenoxy) is 1. The first kappa shape index (κ1) is 29.0. The van der Waals surface area contributed by atoms with Crippen molar-refractivity contribution in [2.45, 2.75) is 36.4 Å². The maximum Gasteiger partial charge on any atom is 0.258 e. The maximum absolute atomic E-state index is 15.5. The number of nitrogens with one attached hydrogen (secondary N) is 1. The summed E-state index contributed by atoms with van der Waals surface area (Å²) in [5.41, 5.74) is -2.08. The summed E-state index contributed by atoms with van der Waals surface area (Å²) in [5, 5.41) is 3.06. The van der Waals surface area contributed by atoms with Crippen LogP contribution in [0.1, 0.15) is 19.8 Å². The average molecular weight is 577 g/mol. The Kier molecular flexibility index (Phi) is 8.68. The molecule has 1 heterocycles. The molecule has 37 heavy (non-hydrogen) atoms. The third-order valence-electron chi connectivity index (χ3n) is 5.94. The van der Waals surface area contributed by atoms with Crippen molar-refractivity contribution < 1.29 is 35.1 Å². The summed E-state index contributed by atoms with van der Waals surface area (Å²) in [6, 6.07) is 7.44. The van der Waals surface area contributed by atoms with Crippen molar-refractivity contribution >= 4 is 37.4 Å². The predicted octanol–water partition coefficient (Wildman–Crippen LogP) is 3.71. The zero-order valence-electron chi connectivity index (χ0n) is 20.4. The van der Waals surface area contributed by atoms with Gasteiger partial charge in [-0.2, -0.15) is 4.31 Å². The number of carbonyl (C=O) groups is 1. The summed E-state index contributed by atoms with van der Waals surface area (Å²) in [5.74, 6) is -1.35. The number of sulfonamides is 1. The molecule has 0 saturated carbocycles. The molecule has 2 aromatic carbocycles. The van der Waals surface area contributed by atoms with Crippen LogP contribution in [0.3, 0.4) is 0 Å². The Morgan fingerprint density at radius 1 is 1.16 bits per heavy atom. The Hall–Kier alpha value is -2.54. The van der Waals surface area contributed by atoms with Gasteiger partial charge in [0.25, 0.3) is 5.91 Å². The minimum absolute atomic E-state index is 0.116. The molecule has 0 aromatic heterocycles. The number of sulfone groups is 1. The predicted molar refractivity (Wildman–Crippen MR) is 137 cm³/mol. The minimum Gasteiger partial charge on any atom is -0.497 e. The fraction of sp³-hybridized carbons (Fsp3) is 0.375. The number of benzene rings is 2. The van der Waals surface area contributed by atoms with Gasteiger partial charge in [0.2, 0.25) is 10.0 Å². The summed E-state index contributed by atoms with van der Waals surface area (Å²) in [4.78, 5) is 12.4. The van der Waals surface area contributed by atoms with Crippen LogP contribution in [-0.4, -0.2) is 65.2 Å². The van der Waals surface area contributed by atoms with Crippen molar-refractivity contribution in [3.05, 3.63) is 58.7 Å². The molecule has 0 bridgehead atoms. The first-order valence-corrected chi connectivity index (χ1v) is 15.0. The molecule has 3 rings (SSSR count). The lowest BCUT2D eigenvalue weighted by atomic mass is 9.93. The van der Waals surface area contributed by atoms with E-state index in [0.717, 1.165) is 22.0 Å². The SMILES string of the molecule is COc1ccc(S(=O)(=O)N2CCC(F)(C(=O)N[C@H](C)/C=C\S(C)(=O)=O)CC2)c(-c2cccc(F)c2Cl)c1. The lowest BCUT2D eigenvalue weighted by Gasteiger charge is -2.35. The Morgan fingerprint density at radius 2 is 1.81 bits per heavy atom. The van der Waals surface area contributed by atoms with Crippen LogP contribution in [0.25, 0.3) is 11.1 Å². The number of halogens is 3. The molecule has 1 amide bonds. The maximum atomic E-state index is 15.5. The van der Waals surface area contributed by atoms with E-state index in [4.69, 9.17) is 16.3 Å². The van der Waals surface area contributed by atoms with E-state index in [2.05, 4.69) is 5.32 Å². The minimum atomic E-state index is -4.20. The van der Waals surface area contributed by atoms with Crippen molar-refractivity contribution in [1.29, 1.82) is 0 Å². The van der Waals surface area contributed by atoms with Crippen molar-refractivity contribution in [1.82, 2.24) is 9.62 Å². The lowest BCUT2D eigenvalue weighted by Crippen LogP contribution is -2.53. The standard InChI is InChI=1S/C24H27ClF2N2O6S2/c1-16(9-14-36(3,31)32)28-23(30)24(27)10-12-29(13-11-24)37(33,34)21-8-7-17(35-2)15-19(21)18-5-4-6-20(26)22(18)25/h4-9,14-16H,10-13H2,1-3H3,(H,28,30)/b14-9-/t16-/m1/s1. The lowest BCUT2D eigenvalue weighted by molar-refractivity contribution is -0.135. The zero-order chi connectivity index (χ0) is 27.6. The molecule has 8 nitrogen and oxygen atoms in total. The fourth-order valence-corrected chi connectivity index (χ4v) is 6.25. The van der Waals surface area contributed by atoms with E-state index in [0.29, 0.717) is 5.75 Å². The number of hydrogen-bond donors (Lipinski definition) is 1. The summed E-state index contributed by atoms with van der Waals surface area (Å²) in [6.07, 6.45) is 1.39. The molecule has 0 aliphatic carbocycles. The van der Waals surface area contributed by atoms with E-state index >= 15 is 4.39 Å². The number of amides is 1. The van der Waals surface area contributed by atoms with Crippen molar-refractivity contribution in [3.8, 4) is 16.9 Å². The molecule has 2 aromatic rings. The summed E-state index contributed by atoms with van der Waals surface area (Å²) in [6.45, 7) is 0.912. The topological polar surface area (TPSA) is 110 Å². The molecule has 1 fully saturated rings. The first-order chi connectivity index (χ1) is 17.2. The number of carbonyl (C=O) groups excluding carboxylic acids is 1. The van der Waals surface area contributed by atoms with Crippen LogP contribution in [0, 0.1) is 5.82 Å². The molecule has 13 heteroatoms. The van der Waals surface area contributed by atoms with Crippen LogP contribution in [0.15, 0.2) is 52.8 Å². The highest BCUT2D eigenvalue weighted by Crippen LogP contribution is 2.39. The second-order valence-electron chi connectivity index (χ2n) is 8.75. The van der Waals surface area contributed by atoms with Gasteiger partial charge in [-0.1, -0.05) is 29.8 Å².